The summed E-state index contributed by atoms with van der Waals surface area (Å²) in [5, 5.41) is 0.859. The van der Waals surface area contributed by atoms with Crippen LogP contribution >= 0.6 is 15.9 Å². The quantitative estimate of drug-likeness (QED) is 0.0821. The molecular weight excluding hydrogens is 572 g/mol. The van der Waals surface area contributed by atoms with Crippen molar-refractivity contribution in [2.45, 2.75) is 56.6 Å². The zero-order valence-electron chi connectivity index (χ0n) is 22.7. The Morgan fingerprint density at radius 1 is 0.865 bits per heavy atom. The molecule has 0 fully saturated rings. The van der Waals surface area contributed by atoms with Crippen LogP contribution in [-0.4, -0.2) is 54.3 Å². The van der Waals surface area contributed by atoms with Crippen molar-refractivity contribution in [3.05, 3.63) is 65.7 Å². The van der Waals surface area contributed by atoms with E-state index in [-0.39, 0.29) is 23.1 Å². The van der Waals surface area contributed by atoms with Crippen molar-refractivity contribution in [3.8, 4) is 0 Å². The molecule has 0 bridgehead atoms. The van der Waals surface area contributed by atoms with E-state index in [4.69, 9.17) is 13.9 Å². The zero-order chi connectivity index (χ0) is 27.7. The van der Waals surface area contributed by atoms with Crippen molar-refractivity contribution in [3.63, 3.8) is 0 Å². The number of unbranched alkanes of at least 4 members (excludes halogenated alkanes) is 1. The molecule has 0 radical (unpaired) electrons. The number of rotatable bonds is 12. The van der Waals surface area contributed by atoms with Gasteiger partial charge in [-0.1, -0.05) is 79.2 Å². The van der Waals surface area contributed by atoms with Crippen molar-refractivity contribution >= 4 is 51.4 Å². The Morgan fingerprint density at radius 3 is 1.97 bits per heavy atom. The average Bonchev–Trinajstić information content (AvgIpc) is 2.83. The van der Waals surface area contributed by atoms with Crippen LogP contribution in [0.3, 0.4) is 0 Å². The summed E-state index contributed by atoms with van der Waals surface area (Å²) in [6, 6.07) is 16.5. The van der Waals surface area contributed by atoms with Gasteiger partial charge in [-0.2, -0.15) is 0 Å². The van der Waals surface area contributed by atoms with E-state index in [0.29, 0.717) is 6.61 Å². The third-order valence-electron chi connectivity index (χ3n) is 6.58. The molecule has 0 spiro atoms. The van der Waals surface area contributed by atoms with Crippen LogP contribution in [0.25, 0.3) is 11.1 Å². The molecule has 204 valence electrons. The smallest absolute Gasteiger partial charge is 0.434 e. The largest absolute Gasteiger partial charge is 0.508 e. The summed E-state index contributed by atoms with van der Waals surface area (Å²) in [6.45, 7) is 11.5. The van der Waals surface area contributed by atoms with Crippen LogP contribution in [0, 0.1) is 0 Å². The predicted octanol–water partition coefficient (Wildman–Crippen LogP) is 7.35. The van der Waals surface area contributed by atoms with Crippen LogP contribution in [0.1, 0.15) is 44.7 Å². The van der Waals surface area contributed by atoms with Gasteiger partial charge in [0.05, 0.1) is 18.1 Å². The van der Waals surface area contributed by atoms with Crippen LogP contribution in [0.2, 0.25) is 18.1 Å². The van der Waals surface area contributed by atoms with Gasteiger partial charge in [-0.05, 0) is 59.8 Å². The summed E-state index contributed by atoms with van der Waals surface area (Å²) in [4.78, 5) is 12.6. The highest BCUT2D eigenvalue weighted by Gasteiger charge is 2.37. The third-order valence-corrected chi connectivity index (χ3v) is 12.8. The molecule has 0 unspecified atom stereocenters. The number of sulfone groups is 1. The monoisotopic (exact) mass is 610 g/mol. The molecule has 0 N–H and O–H groups in total. The van der Waals surface area contributed by atoms with Crippen molar-refractivity contribution in [1.82, 2.24) is 0 Å². The first kappa shape index (κ1) is 31.3. The lowest BCUT2D eigenvalue weighted by molar-refractivity contribution is 0.0637. The molecule has 0 aliphatic rings. The Bertz CT molecular complexity index is 1150. The second-order valence-corrected chi connectivity index (χ2v) is 18.1. The van der Waals surface area contributed by atoms with Crippen molar-refractivity contribution in [2.24, 2.45) is 0 Å². The summed E-state index contributed by atoms with van der Waals surface area (Å²) in [5.41, 5.74) is 3.31. The van der Waals surface area contributed by atoms with Gasteiger partial charge in [0, 0.05) is 17.2 Å². The van der Waals surface area contributed by atoms with Crippen LogP contribution in [0.15, 0.2) is 59.5 Å². The van der Waals surface area contributed by atoms with Crippen LogP contribution in [-0.2, 0) is 23.7 Å². The normalized spacial score (nSPS) is 13.2. The molecule has 0 amide bonds. The van der Waals surface area contributed by atoms with Gasteiger partial charge >= 0.3 is 6.16 Å². The highest BCUT2D eigenvalue weighted by Crippen LogP contribution is 2.38. The summed E-state index contributed by atoms with van der Waals surface area (Å²) in [7, 11) is -5.45. The lowest BCUT2D eigenvalue weighted by Gasteiger charge is -2.36. The summed E-state index contributed by atoms with van der Waals surface area (Å²) < 4.78 is 41.4. The summed E-state index contributed by atoms with van der Waals surface area (Å²) in [5.74, 6) is 0. The highest BCUT2D eigenvalue weighted by atomic mass is 79.9. The summed E-state index contributed by atoms with van der Waals surface area (Å²) in [6.07, 6.45) is 2.08. The average molecular weight is 612 g/mol. The van der Waals surface area contributed by atoms with Gasteiger partial charge in [0.2, 0.25) is 0 Å². The van der Waals surface area contributed by atoms with E-state index in [2.05, 4.69) is 49.8 Å². The van der Waals surface area contributed by atoms with Crippen LogP contribution in [0.5, 0.6) is 0 Å². The lowest BCUT2D eigenvalue weighted by atomic mass is 9.95. The molecule has 0 aliphatic heterocycles. The lowest BCUT2D eigenvalue weighted by Crippen LogP contribution is -2.41. The highest BCUT2D eigenvalue weighted by molar-refractivity contribution is 9.09. The Hall–Kier alpha value is -1.94. The molecule has 0 atom stereocenters. The predicted molar refractivity (Wildman–Crippen MR) is 156 cm³/mol. The second-order valence-electron chi connectivity index (χ2n) is 10.5. The fourth-order valence-corrected chi connectivity index (χ4v) is 5.19. The van der Waals surface area contributed by atoms with E-state index in [1.165, 1.54) is 6.26 Å². The molecule has 0 saturated carbocycles. The number of carbonyl (C=O) groups is 1. The first-order chi connectivity index (χ1) is 17.3. The molecule has 0 aromatic heterocycles. The van der Waals surface area contributed by atoms with E-state index in [9.17, 15) is 13.2 Å². The van der Waals surface area contributed by atoms with Gasteiger partial charge in [0.15, 0.2) is 18.2 Å². The van der Waals surface area contributed by atoms with Gasteiger partial charge < -0.3 is 13.9 Å². The van der Waals surface area contributed by atoms with Gasteiger partial charge in [-0.25, -0.2) is 13.2 Å². The Balaban J connectivity index is 2.51. The number of benzene rings is 2. The standard InChI is InChI=1S/C28H39BrO6SSi/c1-28(2,3)37(5,6)35-21-26(22-12-8-7-9-13-22)25(20-34-27(30)33-19-11-10-18-29)23-14-16-24(17-15-23)36(4,31)32/h7-9,12-17H,10-11,18-21H2,1-6H3. The molecule has 0 saturated heterocycles. The SMILES string of the molecule is CC(C)(C)[Si](C)(C)OCC(=C(COC(=O)OCCCCBr)c1ccc(S(C)(=O)=O)cc1)c1ccccc1. The molecule has 2 aromatic carbocycles. The number of hydrogen-bond acceptors (Lipinski definition) is 6. The van der Waals surface area contributed by atoms with Crippen molar-refractivity contribution in [1.29, 1.82) is 0 Å². The number of ether oxygens (including phenoxy) is 2. The number of halogens is 1. The molecule has 2 aromatic rings. The summed E-state index contributed by atoms with van der Waals surface area (Å²) >= 11 is 3.36. The molecular formula is C28H39BrO6SSi. The van der Waals surface area contributed by atoms with Gasteiger partial charge in [0.25, 0.3) is 0 Å². The molecule has 37 heavy (non-hydrogen) atoms. The molecule has 0 aliphatic carbocycles. The third kappa shape index (κ3) is 9.70. The van der Waals surface area contributed by atoms with E-state index in [1.54, 1.807) is 24.3 Å². The van der Waals surface area contributed by atoms with Crippen LogP contribution < -0.4 is 0 Å². The van der Waals surface area contributed by atoms with Gasteiger partial charge in [-0.3, -0.25) is 0 Å². The number of hydrogen-bond donors (Lipinski definition) is 0. The number of alkyl halides is 1. The van der Waals surface area contributed by atoms with Crippen molar-refractivity contribution < 1.29 is 27.1 Å². The van der Waals surface area contributed by atoms with Crippen LogP contribution in [0.4, 0.5) is 4.79 Å². The number of carbonyl (C=O) groups excluding carboxylic acids is 1. The zero-order valence-corrected chi connectivity index (χ0v) is 26.1. The Labute approximate surface area is 231 Å². The Kier molecular flexibility index (Phi) is 11.6. The van der Waals surface area contributed by atoms with Crippen molar-refractivity contribution in [2.75, 3.05) is 31.4 Å². The maximum Gasteiger partial charge on any atom is 0.508 e. The van der Waals surface area contributed by atoms with E-state index in [0.717, 1.165) is 40.4 Å². The molecule has 0 heterocycles. The van der Waals surface area contributed by atoms with Gasteiger partial charge in [-0.15, -0.1) is 0 Å². The van der Waals surface area contributed by atoms with Gasteiger partial charge in [0.1, 0.15) is 6.61 Å². The minimum atomic E-state index is -3.35. The Morgan fingerprint density at radius 2 is 1.43 bits per heavy atom. The topological polar surface area (TPSA) is 78.9 Å². The fraction of sp³-hybridized carbons (Fsp3) is 0.464. The van der Waals surface area contributed by atoms with E-state index in [1.807, 2.05) is 30.3 Å². The fourth-order valence-electron chi connectivity index (χ4n) is 3.23. The molecule has 6 nitrogen and oxygen atoms in total. The minimum Gasteiger partial charge on any atom is -0.434 e. The molecule has 2 rings (SSSR count). The maximum absolute atomic E-state index is 12.4. The molecule has 9 heteroatoms. The minimum absolute atomic E-state index is 0.0154. The first-order valence-corrected chi connectivity index (χ1v) is 18.3. The maximum atomic E-state index is 12.4. The van der Waals surface area contributed by atoms with E-state index < -0.39 is 24.3 Å². The van der Waals surface area contributed by atoms with E-state index >= 15 is 0 Å². The first-order valence-electron chi connectivity index (χ1n) is 12.3. The second kappa shape index (κ2) is 13.7.